The molecule has 0 spiro atoms. The largest absolute Gasteiger partial charge is 0.376 e. The molecule has 0 aliphatic carbocycles. The molecule has 6 heteroatoms. The van der Waals surface area contributed by atoms with Gasteiger partial charge in [0.2, 0.25) is 0 Å². The Balaban J connectivity index is 1.90. The van der Waals surface area contributed by atoms with Crippen LogP contribution in [0, 0.1) is 13.8 Å². The smallest absolute Gasteiger partial charge is 0.261 e. The second-order valence-corrected chi connectivity index (χ2v) is 5.36. The van der Waals surface area contributed by atoms with Crippen molar-refractivity contribution in [2.24, 2.45) is 0 Å². The fourth-order valence-electron chi connectivity index (χ4n) is 2.50. The van der Waals surface area contributed by atoms with E-state index < -0.39 is 5.91 Å². The van der Waals surface area contributed by atoms with Gasteiger partial charge in [-0.2, -0.15) is 0 Å². The number of ether oxygens (including phenoxy) is 1. The van der Waals surface area contributed by atoms with Crippen LogP contribution in [0.1, 0.15) is 33.0 Å². The Morgan fingerprint density at radius 1 is 1.36 bits per heavy atom. The molecular formula is C16H17N3O3. The van der Waals surface area contributed by atoms with E-state index in [1.165, 1.54) is 0 Å². The summed E-state index contributed by atoms with van der Waals surface area (Å²) in [5, 5.41) is 2.74. The van der Waals surface area contributed by atoms with Gasteiger partial charge < -0.3 is 15.0 Å². The van der Waals surface area contributed by atoms with Crippen molar-refractivity contribution in [3.63, 3.8) is 0 Å². The molecule has 2 aromatic rings. The fraction of sp³-hybridized carbons (Fsp3) is 0.312. The summed E-state index contributed by atoms with van der Waals surface area (Å²) in [5.74, 6) is -0.441. The van der Waals surface area contributed by atoms with Crippen LogP contribution < -0.4 is 10.9 Å². The molecule has 1 aliphatic heterocycles. The van der Waals surface area contributed by atoms with Crippen molar-refractivity contribution in [2.75, 3.05) is 11.9 Å². The van der Waals surface area contributed by atoms with E-state index >= 15 is 0 Å². The normalized spacial score (nSPS) is 13.5. The highest BCUT2D eigenvalue weighted by Gasteiger charge is 2.18. The molecule has 114 valence electrons. The number of carbonyl (C=O) groups excluding carboxylic acids is 1. The quantitative estimate of drug-likeness (QED) is 0.884. The molecule has 0 bridgehead atoms. The molecule has 1 amide bonds. The van der Waals surface area contributed by atoms with Crippen molar-refractivity contribution in [1.82, 2.24) is 9.97 Å². The van der Waals surface area contributed by atoms with Crippen LogP contribution in [0.15, 0.2) is 23.0 Å². The highest BCUT2D eigenvalue weighted by Crippen LogP contribution is 2.16. The summed E-state index contributed by atoms with van der Waals surface area (Å²) in [6.07, 6.45) is 0.660. The van der Waals surface area contributed by atoms with Gasteiger partial charge in [-0.1, -0.05) is 0 Å². The Hall–Kier alpha value is -2.47. The van der Waals surface area contributed by atoms with E-state index in [-0.39, 0.29) is 11.1 Å². The monoisotopic (exact) mass is 299 g/mol. The number of amides is 1. The molecule has 2 aromatic heterocycles. The number of nitrogens with one attached hydrogen (secondary N) is 2. The zero-order chi connectivity index (χ0) is 15.7. The van der Waals surface area contributed by atoms with Gasteiger partial charge in [0, 0.05) is 17.8 Å². The molecule has 1 aliphatic rings. The lowest BCUT2D eigenvalue weighted by Crippen LogP contribution is -2.27. The van der Waals surface area contributed by atoms with Crippen molar-refractivity contribution in [2.45, 2.75) is 26.9 Å². The maximum Gasteiger partial charge on any atom is 0.261 e. The molecule has 2 N–H and O–H groups in total. The number of anilines is 1. The lowest BCUT2D eigenvalue weighted by atomic mass is 10.1. The number of carbonyl (C=O) groups is 1. The van der Waals surface area contributed by atoms with Crippen molar-refractivity contribution >= 4 is 11.6 Å². The van der Waals surface area contributed by atoms with Crippen LogP contribution in [0.5, 0.6) is 0 Å². The average molecular weight is 299 g/mol. The van der Waals surface area contributed by atoms with Gasteiger partial charge in [0.15, 0.2) is 0 Å². The van der Waals surface area contributed by atoms with Gasteiger partial charge in [-0.05, 0) is 37.6 Å². The predicted molar refractivity (Wildman–Crippen MR) is 82.1 cm³/mol. The molecule has 0 atom stereocenters. The van der Waals surface area contributed by atoms with E-state index in [9.17, 15) is 9.59 Å². The van der Waals surface area contributed by atoms with E-state index in [1.54, 1.807) is 12.1 Å². The van der Waals surface area contributed by atoms with E-state index in [0.29, 0.717) is 31.0 Å². The molecule has 22 heavy (non-hydrogen) atoms. The van der Waals surface area contributed by atoms with Crippen LogP contribution in [0.2, 0.25) is 0 Å². The predicted octanol–water partition coefficient (Wildman–Crippen LogP) is 1.71. The molecule has 3 rings (SSSR count). The molecule has 6 nitrogen and oxygen atoms in total. The Bertz CT molecular complexity index is 796. The maximum atomic E-state index is 12.4. The van der Waals surface area contributed by atoms with E-state index in [4.69, 9.17) is 4.74 Å². The van der Waals surface area contributed by atoms with Gasteiger partial charge in [0.25, 0.3) is 11.5 Å². The summed E-state index contributed by atoms with van der Waals surface area (Å²) in [6.45, 7) is 4.69. The maximum absolute atomic E-state index is 12.4. The van der Waals surface area contributed by atoms with Crippen molar-refractivity contribution < 1.29 is 9.53 Å². The summed E-state index contributed by atoms with van der Waals surface area (Å²) in [5.41, 5.74) is 3.60. The second kappa shape index (κ2) is 5.73. The minimum atomic E-state index is -0.441. The van der Waals surface area contributed by atoms with Crippen LogP contribution in [-0.4, -0.2) is 22.5 Å². The number of rotatable bonds is 2. The molecule has 0 saturated carbocycles. The molecule has 0 radical (unpaired) electrons. The van der Waals surface area contributed by atoms with E-state index in [2.05, 4.69) is 15.3 Å². The molecular weight excluding hydrogens is 282 g/mol. The van der Waals surface area contributed by atoms with Crippen molar-refractivity contribution in [3.8, 4) is 0 Å². The lowest BCUT2D eigenvalue weighted by Gasteiger charge is -2.16. The third-order valence-electron chi connectivity index (χ3n) is 3.69. The minimum Gasteiger partial charge on any atom is -0.376 e. The zero-order valence-corrected chi connectivity index (χ0v) is 12.5. The number of aromatic nitrogens is 2. The van der Waals surface area contributed by atoms with E-state index in [1.807, 2.05) is 19.9 Å². The van der Waals surface area contributed by atoms with Crippen LogP contribution in [0.4, 0.5) is 5.69 Å². The molecule has 0 fully saturated rings. The highest BCUT2D eigenvalue weighted by molar-refractivity contribution is 6.04. The third-order valence-corrected chi connectivity index (χ3v) is 3.69. The Labute approximate surface area is 127 Å². The van der Waals surface area contributed by atoms with E-state index in [0.717, 1.165) is 17.0 Å². The number of H-pyrrole nitrogens is 1. The van der Waals surface area contributed by atoms with Crippen LogP contribution in [0.25, 0.3) is 0 Å². The van der Waals surface area contributed by atoms with Crippen LogP contribution >= 0.6 is 0 Å². The number of aryl methyl sites for hydroxylation is 2. The first-order chi connectivity index (χ1) is 10.5. The molecule has 0 unspecified atom stereocenters. The topological polar surface area (TPSA) is 84.1 Å². The molecule has 3 heterocycles. The van der Waals surface area contributed by atoms with Crippen molar-refractivity contribution in [3.05, 3.63) is 56.8 Å². The van der Waals surface area contributed by atoms with Gasteiger partial charge in [-0.15, -0.1) is 0 Å². The molecule has 0 saturated heterocycles. The standard InChI is InChI=1S/C16H17N3O3/c1-9-3-4-13(10(2)17-9)18-15(20)12-7-11-8-22-6-5-14(11)19-16(12)21/h3-4,7H,5-6,8H2,1-2H3,(H,18,20)(H,19,21). The minimum absolute atomic E-state index is 0.0872. The Morgan fingerprint density at radius 2 is 2.18 bits per heavy atom. The SMILES string of the molecule is Cc1ccc(NC(=O)c2cc3c([nH]c2=O)CCOC3)c(C)n1. The van der Waals surface area contributed by atoms with Gasteiger partial charge in [0.05, 0.1) is 24.6 Å². The number of hydrogen-bond donors (Lipinski definition) is 2. The summed E-state index contributed by atoms with van der Waals surface area (Å²) in [4.78, 5) is 31.5. The summed E-state index contributed by atoms with van der Waals surface area (Å²) in [7, 11) is 0. The average Bonchev–Trinajstić information content (AvgIpc) is 2.49. The first-order valence-corrected chi connectivity index (χ1v) is 7.13. The zero-order valence-electron chi connectivity index (χ0n) is 12.5. The lowest BCUT2D eigenvalue weighted by molar-refractivity contribution is 0.101. The first-order valence-electron chi connectivity index (χ1n) is 7.13. The van der Waals surface area contributed by atoms with Gasteiger partial charge in [0.1, 0.15) is 5.56 Å². The number of hydrogen-bond acceptors (Lipinski definition) is 4. The number of fused-ring (bicyclic) bond motifs is 1. The van der Waals surface area contributed by atoms with Gasteiger partial charge >= 0.3 is 0 Å². The van der Waals surface area contributed by atoms with Crippen LogP contribution in [0.3, 0.4) is 0 Å². The Kier molecular flexibility index (Phi) is 3.77. The van der Waals surface area contributed by atoms with Gasteiger partial charge in [-0.25, -0.2) is 0 Å². The number of nitrogens with zero attached hydrogens (tertiary/aromatic N) is 1. The second-order valence-electron chi connectivity index (χ2n) is 5.36. The highest BCUT2D eigenvalue weighted by atomic mass is 16.5. The summed E-state index contributed by atoms with van der Waals surface area (Å²) >= 11 is 0. The van der Waals surface area contributed by atoms with Crippen molar-refractivity contribution in [1.29, 1.82) is 0 Å². The fourth-order valence-corrected chi connectivity index (χ4v) is 2.50. The van der Waals surface area contributed by atoms with Crippen LogP contribution in [-0.2, 0) is 17.8 Å². The molecule has 0 aromatic carbocycles. The number of aromatic amines is 1. The summed E-state index contributed by atoms with van der Waals surface area (Å²) in [6, 6.07) is 5.21. The first kappa shape index (κ1) is 14.5. The Morgan fingerprint density at radius 3 is 2.95 bits per heavy atom. The number of pyridine rings is 2. The third kappa shape index (κ3) is 2.78. The summed E-state index contributed by atoms with van der Waals surface area (Å²) < 4.78 is 5.36. The van der Waals surface area contributed by atoms with Gasteiger partial charge in [-0.3, -0.25) is 14.6 Å².